The molecule has 0 spiro atoms. The molecule has 2 fully saturated rings. The van der Waals surface area contributed by atoms with E-state index >= 15 is 0 Å². The average molecular weight is 242 g/mol. The number of likely N-dealkylation sites (N-methyl/N-ethyl adjacent to an activating group) is 1. The van der Waals surface area contributed by atoms with Crippen molar-refractivity contribution < 1.29 is 14.6 Å². The number of carbonyl (C=O) groups is 1. The summed E-state index contributed by atoms with van der Waals surface area (Å²) in [4.78, 5) is 14.1. The lowest BCUT2D eigenvalue weighted by atomic mass is 9.97. The molecule has 2 saturated heterocycles. The van der Waals surface area contributed by atoms with E-state index in [1.807, 2.05) is 6.92 Å². The summed E-state index contributed by atoms with van der Waals surface area (Å²) in [7, 11) is 1.79. The maximum Gasteiger partial charge on any atom is 0.228 e. The zero-order valence-electron chi connectivity index (χ0n) is 10.6. The highest BCUT2D eigenvalue weighted by Crippen LogP contribution is 2.26. The number of nitrogens with one attached hydrogen (secondary N) is 1. The highest BCUT2D eigenvalue weighted by molar-refractivity contribution is 5.80. The number of rotatable bonds is 3. The number of aliphatic hydroxyl groups is 1. The molecule has 98 valence electrons. The van der Waals surface area contributed by atoms with Crippen LogP contribution in [0.4, 0.5) is 0 Å². The molecule has 2 aliphatic heterocycles. The van der Waals surface area contributed by atoms with Gasteiger partial charge in [0.25, 0.3) is 0 Å². The Morgan fingerprint density at radius 3 is 2.88 bits per heavy atom. The van der Waals surface area contributed by atoms with Crippen LogP contribution in [0, 0.1) is 5.92 Å². The average Bonchev–Trinajstić information content (AvgIpc) is 2.95. The minimum absolute atomic E-state index is 0.0298. The molecule has 5 nitrogen and oxygen atoms in total. The molecule has 0 aliphatic carbocycles. The molecule has 0 saturated carbocycles. The summed E-state index contributed by atoms with van der Waals surface area (Å²) in [5, 5.41) is 12.9. The lowest BCUT2D eigenvalue weighted by Gasteiger charge is -2.30. The number of nitrogens with zero attached hydrogens (tertiary/aromatic N) is 1. The first-order valence-corrected chi connectivity index (χ1v) is 6.42. The van der Waals surface area contributed by atoms with Gasteiger partial charge in [0.2, 0.25) is 5.91 Å². The van der Waals surface area contributed by atoms with Gasteiger partial charge in [0.05, 0.1) is 24.2 Å². The van der Waals surface area contributed by atoms with Crippen LogP contribution >= 0.6 is 0 Å². The van der Waals surface area contributed by atoms with Gasteiger partial charge in [-0.3, -0.25) is 4.79 Å². The van der Waals surface area contributed by atoms with Gasteiger partial charge in [-0.05, 0) is 12.8 Å². The van der Waals surface area contributed by atoms with Crippen LogP contribution in [0.2, 0.25) is 0 Å². The highest BCUT2D eigenvalue weighted by atomic mass is 16.5. The van der Waals surface area contributed by atoms with E-state index in [-0.39, 0.29) is 24.0 Å². The van der Waals surface area contributed by atoms with E-state index < -0.39 is 6.10 Å². The molecular formula is C12H22N2O3. The summed E-state index contributed by atoms with van der Waals surface area (Å²) in [5.41, 5.74) is 0. The largest absolute Gasteiger partial charge is 0.390 e. The molecule has 2 rings (SSSR count). The van der Waals surface area contributed by atoms with E-state index in [1.54, 1.807) is 11.9 Å². The van der Waals surface area contributed by atoms with Gasteiger partial charge in [-0.15, -0.1) is 0 Å². The van der Waals surface area contributed by atoms with Crippen LogP contribution in [0.15, 0.2) is 0 Å². The molecule has 0 bridgehead atoms. The van der Waals surface area contributed by atoms with Crippen molar-refractivity contribution >= 4 is 5.91 Å². The fourth-order valence-electron chi connectivity index (χ4n) is 2.80. The number of hydrogen-bond donors (Lipinski definition) is 2. The third-order valence-electron chi connectivity index (χ3n) is 3.93. The molecular weight excluding hydrogens is 220 g/mol. The third-order valence-corrected chi connectivity index (χ3v) is 3.93. The zero-order valence-corrected chi connectivity index (χ0v) is 10.6. The second-order valence-corrected chi connectivity index (χ2v) is 4.95. The number of hydrogen-bond acceptors (Lipinski definition) is 4. The van der Waals surface area contributed by atoms with Crippen LogP contribution in [0.3, 0.4) is 0 Å². The van der Waals surface area contributed by atoms with Gasteiger partial charge in [-0.1, -0.05) is 6.92 Å². The molecule has 0 radical (unpaired) electrons. The Morgan fingerprint density at radius 2 is 2.29 bits per heavy atom. The van der Waals surface area contributed by atoms with Crippen LogP contribution in [0.1, 0.15) is 19.8 Å². The lowest BCUT2D eigenvalue weighted by molar-refractivity contribution is -0.139. The molecule has 17 heavy (non-hydrogen) atoms. The molecule has 2 heterocycles. The van der Waals surface area contributed by atoms with Gasteiger partial charge in [0.1, 0.15) is 0 Å². The Bertz CT molecular complexity index is 285. The van der Waals surface area contributed by atoms with E-state index in [9.17, 15) is 9.90 Å². The van der Waals surface area contributed by atoms with Crippen molar-refractivity contribution in [3.63, 3.8) is 0 Å². The topological polar surface area (TPSA) is 61.8 Å². The van der Waals surface area contributed by atoms with Crippen molar-refractivity contribution in [1.82, 2.24) is 10.2 Å². The first kappa shape index (κ1) is 12.8. The van der Waals surface area contributed by atoms with Crippen LogP contribution in [-0.2, 0) is 9.53 Å². The van der Waals surface area contributed by atoms with Crippen LogP contribution in [-0.4, -0.2) is 60.9 Å². The van der Waals surface area contributed by atoms with Crippen molar-refractivity contribution in [1.29, 1.82) is 0 Å². The summed E-state index contributed by atoms with van der Waals surface area (Å²) in [5.74, 6) is 0.0832. The summed E-state index contributed by atoms with van der Waals surface area (Å²) in [6.07, 6.45) is 1.27. The van der Waals surface area contributed by atoms with E-state index in [1.165, 1.54) is 0 Å². The SMILES string of the molecule is CCC1OCCC1C(=O)N(C)[C@H]1CNC[C@@H]1O. The molecule has 0 aromatic heterocycles. The smallest absolute Gasteiger partial charge is 0.228 e. The molecule has 2 unspecified atom stereocenters. The van der Waals surface area contributed by atoms with Crippen LogP contribution in [0.5, 0.6) is 0 Å². The first-order chi connectivity index (χ1) is 8.15. The van der Waals surface area contributed by atoms with E-state index in [0.29, 0.717) is 19.7 Å². The lowest BCUT2D eigenvalue weighted by Crippen LogP contribution is -2.47. The van der Waals surface area contributed by atoms with Crippen molar-refractivity contribution in [2.45, 2.75) is 38.0 Å². The fourth-order valence-corrected chi connectivity index (χ4v) is 2.80. The quantitative estimate of drug-likeness (QED) is 0.706. The minimum Gasteiger partial charge on any atom is -0.390 e. The standard InChI is InChI=1S/C12H22N2O3/c1-3-11-8(4-5-17-11)12(16)14(2)9-6-13-7-10(9)15/h8-11,13,15H,3-7H2,1-2H3/t8?,9-,10-,11?/m0/s1. The zero-order chi connectivity index (χ0) is 12.4. The van der Waals surface area contributed by atoms with E-state index in [4.69, 9.17) is 4.74 Å². The molecule has 1 amide bonds. The number of amides is 1. The van der Waals surface area contributed by atoms with E-state index in [2.05, 4.69) is 5.32 Å². The van der Waals surface area contributed by atoms with Gasteiger partial charge in [-0.25, -0.2) is 0 Å². The van der Waals surface area contributed by atoms with Crippen molar-refractivity contribution in [3.8, 4) is 0 Å². The van der Waals surface area contributed by atoms with Gasteiger partial charge in [-0.2, -0.15) is 0 Å². The maximum absolute atomic E-state index is 12.4. The van der Waals surface area contributed by atoms with Crippen LogP contribution in [0.25, 0.3) is 0 Å². The normalized spacial score (nSPS) is 37.4. The number of aliphatic hydroxyl groups excluding tert-OH is 1. The molecule has 5 heteroatoms. The predicted octanol–water partition coefficient (Wildman–Crippen LogP) is -0.407. The third kappa shape index (κ3) is 2.46. The fraction of sp³-hybridized carbons (Fsp3) is 0.917. The maximum atomic E-state index is 12.4. The highest BCUT2D eigenvalue weighted by Gasteiger charge is 2.39. The Labute approximate surface area is 102 Å². The monoisotopic (exact) mass is 242 g/mol. The number of ether oxygens (including phenoxy) is 1. The molecule has 0 aromatic carbocycles. The molecule has 0 aromatic rings. The Morgan fingerprint density at radius 1 is 1.53 bits per heavy atom. The van der Waals surface area contributed by atoms with E-state index in [0.717, 1.165) is 12.8 Å². The second-order valence-electron chi connectivity index (χ2n) is 4.95. The van der Waals surface area contributed by atoms with Gasteiger partial charge >= 0.3 is 0 Å². The van der Waals surface area contributed by atoms with Gasteiger partial charge in [0.15, 0.2) is 0 Å². The van der Waals surface area contributed by atoms with Crippen molar-refractivity contribution in [2.75, 3.05) is 26.7 Å². The molecule has 2 aliphatic rings. The molecule has 2 N–H and O–H groups in total. The Balaban J connectivity index is 1.99. The predicted molar refractivity (Wildman–Crippen MR) is 63.6 cm³/mol. The van der Waals surface area contributed by atoms with Gasteiger partial charge < -0.3 is 20.1 Å². The number of β-amino-alcohol motifs (C(OH)–C–C–N with tert-alkyl or cyclic N) is 1. The Hall–Kier alpha value is -0.650. The van der Waals surface area contributed by atoms with Gasteiger partial charge in [0, 0.05) is 26.7 Å². The minimum atomic E-state index is -0.452. The second kappa shape index (κ2) is 5.33. The van der Waals surface area contributed by atoms with Crippen molar-refractivity contribution in [2.24, 2.45) is 5.92 Å². The first-order valence-electron chi connectivity index (χ1n) is 6.42. The molecule has 4 atom stereocenters. The summed E-state index contributed by atoms with van der Waals surface area (Å²) in [6.45, 7) is 3.96. The number of carbonyl (C=O) groups excluding carboxylic acids is 1. The van der Waals surface area contributed by atoms with Crippen LogP contribution < -0.4 is 5.32 Å². The Kier molecular flexibility index (Phi) is 4.01. The summed E-state index contributed by atoms with van der Waals surface area (Å²) < 4.78 is 5.55. The van der Waals surface area contributed by atoms with Crippen molar-refractivity contribution in [3.05, 3.63) is 0 Å². The summed E-state index contributed by atoms with van der Waals surface area (Å²) in [6, 6.07) is -0.0967. The summed E-state index contributed by atoms with van der Waals surface area (Å²) >= 11 is 0.